The van der Waals surface area contributed by atoms with Gasteiger partial charge < -0.3 is 5.11 Å². The number of hydrogen-bond acceptors (Lipinski definition) is 1. The average molecular weight is 363 g/mol. The number of hydrogen-bond donors (Lipinski definition) is 1. The standard InChI is InChI=1S/C25H30O2/c1-7-8-17-9-10-18(23(26)27)19(15-17)20-13-16(2)14-21-22(20)25(5,6)12-11-24(21,3)4/h7-10,13-15H,11-12H2,1-6H3,(H,26,27). The molecule has 2 aromatic rings. The van der Waals surface area contributed by atoms with Crippen molar-refractivity contribution >= 4 is 12.0 Å². The van der Waals surface area contributed by atoms with Gasteiger partial charge in [-0.1, -0.05) is 63.6 Å². The second kappa shape index (κ2) is 6.67. The van der Waals surface area contributed by atoms with E-state index >= 15 is 0 Å². The van der Waals surface area contributed by atoms with Gasteiger partial charge in [0.05, 0.1) is 5.56 Å². The molecule has 2 aromatic carbocycles. The molecule has 142 valence electrons. The van der Waals surface area contributed by atoms with Gasteiger partial charge in [-0.15, -0.1) is 0 Å². The van der Waals surface area contributed by atoms with Gasteiger partial charge in [0.2, 0.25) is 0 Å². The molecule has 0 aliphatic heterocycles. The topological polar surface area (TPSA) is 37.3 Å². The first kappa shape index (κ1) is 19.4. The average Bonchev–Trinajstić information content (AvgIpc) is 2.58. The number of aryl methyl sites for hydroxylation is 1. The van der Waals surface area contributed by atoms with Crippen LogP contribution in [-0.4, -0.2) is 11.1 Å². The maximum absolute atomic E-state index is 12.0. The zero-order valence-corrected chi connectivity index (χ0v) is 17.3. The first-order valence-corrected chi connectivity index (χ1v) is 9.73. The van der Waals surface area contributed by atoms with Crippen molar-refractivity contribution in [1.29, 1.82) is 0 Å². The van der Waals surface area contributed by atoms with E-state index in [9.17, 15) is 9.90 Å². The molecule has 0 saturated heterocycles. The van der Waals surface area contributed by atoms with Crippen LogP contribution < -0.4 is 0 Å². The summed E-state index contributed by atoms with van der Waals surface area (Å²) in [5, 5.41) is 9.84. The van der Waals surface area contributed by atoms with Crippen molar-refractivity contribution in [2.75, 3.05) is 0 Å². The highest BCUT2D eigenvalue weighted by Crippen LogP contribution is 2.50. The minimum Gasteiger partial charge on any atom is -0.478 e. The smallest absolute Gasteiger partial charge is 0.336 e. The first-order chi connectivity index (χ1) is 12.6. The predicted octanol–water partition coefficient (Wildman–Crippen LogP) is 6.74. The van der Waals surface area contributed by atoms with Gasteiger partial charge in [0.25, 0.3) is 0 Å². The molecule has 0 bridgehead atoms. The monoisotopic (exact) mass is 362 g/mol. The molecule has 1 aliphatic carbocycles. The second-order valence-electron chi connectivity index (χ2n) is 9.11. The van der Waals surface area contributed by atoms with Crippen molar-refractivity contribution in [3.8, 4) is 11.1 Å². The van der Waals surface area contributed by atoms with Gasteiger partial charge in [-0.2, -0.15) is 0 Å². The third kappa shape index (κ3) is 3.45. The molecule has 2 heteroatoms. The predicted molar refractivity (Wildman–Crippen MR) is 114 cm³/mol. The Hall–Kier alpha value is -2.35. The quantitative estimate of drug-likeness (QED) is 0.656. The molecule has 0 aromatic heterocycles. The van der Waals surface area contributed by atoms with Crippen LogP contribution >= 0.6 is 0 Å². The van der Waals surface area contributed by atoms with E-state index in [1.54, 1.807) is 6.07 Å². The van der Waals surface area contributed by atoms with Crippen molar-refractivity contribution in [2.45, 2.75) is 65.2 Å². The molecule has 0 fully saturated rings. The zero-order chi connectivity index (χ0) is 20.0. The zero-order valence-electron chi connectivity index (χ0n) is 17.3. The lowest BCUT2D eigenvalue weighted by atomic mass is 9.61. The van der Waals surface area contributed by atoms with E-state index in [-0.39, 0.29) is 10.8 Å². The third-order valence-corrected chi connectivity index (χ3v) is 5.99. The summed E-state index contributed by atoms with van der Waals surface area (Å²) in [7, 11) is 0. The van der Waals surface area contributed by atoms with Crippen LogP contribution in [0, 0.1) is 6.92 Å². The van der Waals surface area contributed by atoms with E-state index in [4.69, 9.17) is 0 Å². The van der Waals surface area contributed by atoms with Gasteiger partial charge in [-0.05, 0) is 77.5 Å². The lowest BCUT2D eigenvalue weighted by Crippen LogP contribution is -2.34. The normalized spacial score (nSPS) is 17.7. The van der Waals surface area contributed by atoms with Crippen LogP contribution in [0.4, 0.5) is 0 Å². The molecular formula is C25H30O2. The number of carbonyl (C=O) groups is 1. The Morgan fingerprint density at radius 2 is 1.67 bits per heavy atom. The largest absolute Gasteiger partial charge is 0.478 e. The Kier molecular flexibility index (Phi) is 4.80. The molecule has 0 heterocycles. The van der Waals surface area contributed by atoms with Crippen LogP contribution in [-0.2, 0) is 10.8 Å². The summed E-state index contributed by atoms with van der Waals surface area (Å²) < 4.78 is 0. The van der Waals surface area contributed by atoms with Gasteiger partial charge in [0, 0.05) is 0 Å². The molecule has 1 N–H and O–H groups in total. The van der Waals surface area contributed by atoms with E-state index < -0.39 is 5.97 Å². The Labute approximate surface area is 162 Å². The van der Waals surface area contributed by atoms with Crippen LogP contribution in [0.1, 0.15) is 80.1 Å². The summed E-state index contributed by atoms with van der Waals surface area (Å²) in [4.78, 5) is 12.0. The van der Waals surface area contributed by atoms with Gasteiger partial charge in [0.1, 0.15) is 0 Å². The van der Waals surface area contributed by atoms with E-state index in [0.717, 1.165) is 29.5 Å². The van der Waals surface area contributed by atoms with E-state index in [0.29, 0.717) is 5.56 Å². The highest BCUT2D eigenvalue weighted by molar-refractivity contribution is 5.97. The fourth-order valence-corrected chi connectivity index (χ4v) is 4.41. The molecular weight excluding hydrogens is 332 g/mol. The Morgan fingerprint density at radius 3 is 2.30 bits per heavy atom. The fourth-order valence-electron chi connectivity index (χ4n) is 4.41. The molecule has 27 heavy (non-hydrogen) atoms. The van der Waals surface area contributed by atoms with Crippen molar-refractivity contribution in [1.82, 2.24) is 0 Å². The third-order valence-electron chi connectivity index (χ3n) is 5.99. The molecule has 0 spiro atoms. The summed E-state index contributed by atoms with van der Waals surface area (Å²) in [5.74, 6) is -0.875. The second-order valence-corrected chi connectivity index (χ2v) is 9.11. The summed E-state index contributed by atoms with van der Waals surface area (Å²) in [6.07, 6.45) is 6.24. The Balaban J connectivity index is 2.41. The number of allylic oxidation sites excluding steroid dienone is 1. The Bertz CT molecular complexity index is 930. The molecule has 3 rings (SSSR count). The Morgan fingerprint density at radius 1 is 1.00 bits per heavy atom. The van der Waals surface area contributed by atoms with Gasteiger partial charge in [0.15, 0.2) is 0 Å². The van der Waals surface area contributed by atoms with Crippen LogP contribution in [0.25, 0.3) is 17.2 Å². The number of rotatable bonds is 3. The molecule has 0 radical (unpaired) electrons. The lowest BCUT2D eigenvalue weighted by molar-refractivity contribution is 0.0697. The van der Waals surface area contributed by atoms with Crippen molar-refractivity contribution < 1.29 is 9.90 Å². The van der Waals surface area contributed by atoms with Crippen molar-refractivity contribution in [2.24, 2.45) is 0 Å². The lowest BCUT2D eigenvalue weighted by Gasteiger charge is -2.43. The minimum absolute atomic E-state index is 0.0141. The van der Waals surface area contributed by atoms with Crippen molar-refractivity contribution in [3.63, 3.8) is 0 Å². The number of fused-ring (bicyclic) bond motifs is 1. The van der Waals surface area contributed by atoms with E-state index in [2.05, 4.69) is 46.8 Å². The maximum Gasteiger partial charge on any atom is 0.336 e. The first-order valence-electron chi connectivity index (χ1n) is 9.73. The molecule has 0 saturated carbocycles. The number of benzene rings is 2. The van der Waals surface area contributed by atoms with Gasteiger partial charge in [-0.25, -0.2) is 4.79 Å². The maximum atomic E-state index is 12.0. The van der Waals surface area contributed by atoms with Crippen LogP contribution in [0.3, 0.4) is 0 Å². The number of aromatic carboxylic acids is 1. The van der Waals surface area contributed by atoms with E-state index in [1.807, 2.05) is 31.2 Å². The van der Waals surface area contributed by atoms with Crippen LogP contribution in [0.2, 0.25) is 0 Å². The molecule has 0 amide bonds. The van der Waals surface area contributed by atoms with Crippen molar-refractivity contribution in [3.05, 3.63) is 64.2 Å². The molecule has 1 aliphatic rings. The molecule has 0 unspecified atom stereocenters. The highest BCUT2D eigenvalue weighted by Gasteiger charge is 2.39. The number of carboxylic acid groups (broad SMARTS) is 1. The number of carboxylic acids is 1. The van der Waals surface area contributed by atoms with Crippen LogP contribution in [0.5, 0.6) is 0 Å². The highest BCUT2D eigenvalue weighted by atomic mass is 16.4. The van der Waals surface area contributed by atoms with Gasteiger partial charge >= 0.3 is 5.97 Å². The summed E-state index contributed by atoms with van der Waals surface area (Å²) in [6.45, 7) is 13.3. The fraction of sp³-hybridized carbons (Fsp3) is 0.400. The summed E-state index contributed by atoms with van der Waals surface area (Å²) in [6, 6.07) is 10.1. The molecule has 0 atom stereocenters. The summed E-state index contributed by atoms with van der Waals surface area (Å²) in [5.41, 5.74) is 7.26. The summed E-state index contributed by atoms with van der Waals surface area (Å²) >= 11 is 0. The van der Waals surface area contributed by atoms with Gasteiger partial charge in [-0.3, -0.25) is 0 Å². The SMILES string of the molecule is CC=Cc1ccc(C(=O)O)c(-c2cc(C)cc3c2C(C)(C)CCC3(C)C)c1. The minimum atomic E-state index is -0.875. The van der Waals surface area contributed by atoms with Crippen LogP contribution in [0.15, 0.2) is 36.4 Å². The van der Waals surface area contributed by atoms with E-state index in [1.165, 1.54) is 16.7 Å². The molecule has 2 nitrogen and oxygen atoms in total.